The molecule has 1 saturated carbocycles. The van der Waals surface area contributed by atoms with Gasteiger partial charge in [-0.3, -0.25) is 4.79 Å². The molecule has 0 radical (unpaired) electrons. The minimum atomic E-state index is -0.709. The number of nitrogens with two attached hydrogens (primary N) is 1. The Labute approximate surface area is 169 Å². The van der Waals surface area contributed by atoms with Gasteiger partial charge in [-0.15, -0.1) is 0 Å². The maximum absolute atomic E-state index is 14.4. The van der Waals surface area contributed by atoms with Crippen molar-refractivity contribution in [2.45, 2.75) is 24.8 Å². The Morgan fingerprint density at radius 1 is 1.07 bits per heavy atom. The van der Waals surface area contributed by atoms with Gasteiger partial charge < -0.3 is 21.4 Å². The van der Waals surface area contributed by atoms with E-state index < -0.39 is 29.4 Å². The van der Waals surface area contributed by atoms with E-state index in [0.29, 0.717) is 29.5 Å². The third kappa shape index (κ3) is 3.83. The van der Waals surface area contributed by atoms with Crippen molar-refractivity contribution in [1.29, 1.82) is 0 Å². The second-order valence-corrected chi connectivity index (χ2v) is 7.39. The number of aromatic nitrogens is 1. The zero-order chi connectivity index (χ0) is 21.4. The predicted molar refractivity (Wildman–Crippen MR) is 105 cm³/mol. The Morgan fingerprint density at radius 3 is 2.43 bits per heavy atom. The van der Waals surface area contributed by atoms with Gasteiger partial charge in [-0.1, -0.05) is 0 Å². The molecule has 4 rings (SSSR count). The minimum absolute atomic E-state index is 0.0681. The molecule has 9 heteroatoms. The van der Waals surface area contributed by atoms with E-state index >= 15 is 0 Å². The summed E-state index contributed by atoms with van der Waals surface area (Å²) in [7, 11) is 0. The van der Waals surface area contributed by atoms with Crippen LogP contribution in [-0.4, -0.2) is 29.5 Å². The van der Waals surface area contributed by atoms with Gasteiger partial charge >= 0.3 is 6.03 Å². The van der Waals surface area contributed by atoms with Crippen LogP contribution in [0.4, 0.5) is 18.0 Å². The second-order valence-electron chi connectivity index (χ2n) is 7.39. The molecule has 0 aliphatic heterocycles. The molecule has 0 spiro atoms. The van der Waals surface area contributed by atoms with E-state index in [1.807, 2.05) is 0 Å². The van der Waals surface area contributed by atoms with Gasteiger partial charge in [0.2, 0.25) is 5.91 Å². The van der Waals surface area contributed by atoms with Crippen molar-refractivity contribution in [3.8, 4) is 11.3 Å². The van der Waals surface area contributed by atoms with Crippen molar-refractivity contribution in [2.24, 2.45) is 5.73 Å². The molecular weight excluding hydrogens is 397 g/mol. The normalized spacial score (nSPS) is 18.1. The third-order valence-electron chi connectivity index (χ3n) is 5.30. The van der Waals surface area contributed by atoms with E-state index in [1.54, 1.807) is 12.1 Å². The van der Waals surface area contributed by atoms with E-state index in [9.17, 15) is 22.8 Å². The lowest BCUT2D eigenvalue weighted by molar-refractivity contribution is -0.117. The molecule has 0 atom stereocenters. The lowest BCUT2D eigenvalue weighted by Gasteiger charge is -2.36. The standard InChI is InChI=1S/C21H19F3N4O2/c22-12-3-1-10(2-4-12)19-18(15-7-13(23)8-16(24)20(15)28-19)11-5-14(6-11)27-21(30)26-9-17(25)29/h1-4,7-8,11,14,28H,5-6,9H2,(H2,25,29)(H2,26,27,30)/t11-,14-. The molecule has 1 aromatic heterocycles. The van der Waals surface area contributed by atoms with Crippen LogP contribution in [0.25, 0.3) is 22.2 Å². The predicted octanol–water partition coefficient (Wildman–Crippen LogP) is 3.28. The lowest BCUT2D eigenvalue weighted by atomic mass is 9.74. The molecule has 0 saturated heterocycles. The highest BCUT2D eigenvalue weighted by molar-refractivity contribution is 5.92. The van der Waals surface area contributed by atoms with Crippen LogP contribution in [0.5, 0.6) is 0 Å². The van der Waals surface area contributed by atoms with Gasteiger partial charge in [0.1, 0.15) is 17.5 Å². The van der Waals surface area contributed by atoms with Gasteiger partial charge in [0.05, 0.1) is 17.8 Å². The number of benzene rings is 2. The van der Waals surface area contributed by atoms with Crippen LogP contribution in [0.3, 0.4) is 0 Å². The summed E-state index contributed by atoms with van der Waals surface area (Å²) in [4.78, 5) is 25.6. The molecule has 1 fully saturated rings. The molecule has 0 unspecified atom stereocenters. The van der Waals surface area contributed by atoms with Crippen LogP contribution in [0.2, 0.25) is 0 Å². The summed E-state index contributed by atoms with van der Waals surface area (Å²) in [5, 5.41) is 5.51. The number of halogens is 3. The largest absolute Gasteiger partial charge is 0.368 e. The fraction of sp³-hybridized carbons (Fsp3) is 0.238. The van der Waals surface area contributed by atoms with Gasteiger partial charge in [0.15, 0.2) is 0 Å². The van der Waals surface area contributed by atoms with Crippen LogP contribution < -0.4 is 16.4 Å². The first kappa shape index (κ1) is 19.8. The van der Waals surface area contributed by atoms with E-state index in [0.717, 1.165) is 11.6 Å². The Balaban J connectivity index is 1.62. The molecule has 0 bridgehead atoms. The monoisotopic (exact) mass is 416 g/mol. The van der Waals surface area contributed by atoms with Crippen LogP contribution in [0, 0.1) is 17.5 Å². The van der Waals surface area contributed by atoms with Crippen molar-refractivity contribution in [1.82, 2.24) is 15.6 Å². The summed E-state index contributed by atoms with van der Waals surface area (Å²) in [5.74, 6) is -2.52. The number of fused-ring (bicyclic) bond motifs is 1. The number of aromatic amines is 1. The number of urea groups is 1. The summed E-state index contributed by atoms with van der Waals surface area (Å²) in [6.45, 7) is -0.266. The first-order valence-electron chi connectivity index (χ1n) is 9.41. The smallest absolute Gasteiger partial charge is 0.315 e. The lowest BCUT2D eigenvalue weighted by Crippen LogP contribution is -2.49. The van der Waals surface area contributed by atoms with Crippen molar-refractivity contribution < 1.29 is 22.8 Å². The third-order valence-corrected chi connectivity index (χ3v) is 5.30. The van der Waals surface area contributed by atoms with E-state index in [2.05, 4.69) is 15.6 Å². The average Bonchev–Trinajstić information content (AvgIpc) is 3.02. The van der Waals surface area contributed by atoms with Gasteiger partial charge in [-0.25, -0.2) is 18.0 Å². The number of carbonyl (C=O) groups is 2. The SMILES string of the molecule is NC(=O)CNC(=O)N[C@H]1C[C@H](c2c(-c3ccc(F)cc3)[nH]c3c(F)cc(F)cc32)C1. The van der Waals surface area contributed by atoms with Crippen molar-refractivity contribution >= 4 is 22.8 Å². The van der Waals surface area contributed by atoms with E-state index in [-0.39, 0.29) is 24.0 Å². The zero-order valence-electron chi connectivity index (χ0n) is 15.8. The number of rotatable bonds is 5. The Hall–Kier alpha value is -3.49. The molecule has 6 nitrogen and oxygen atoms in total. The average molecular weight is 416 g/mol. The Bertz CT molecular complexity index is 1120. The molecule has 1 heterocycles. The first-order valence-corrected chi connectivity index (χ1v) is 9.41. The molecule has 3 aromatic rings. The van der Waals surface area contributed by atoms with Gasteiger partial charge in [0.25, 0.3) is 0 Å². The molecule has 30 heavy (non-hydrogen) atoms. The van der Waals surface area contributed by atoms with Gasteiger partial charge in [0, 0.05) is 17.5 Å². The fourth-order valence-electron chi connectivity index (χ4n) is 3.88. The molecule has 5 N–H and O–H groups in total. The minimum Gasteiger partial charge on any atom is -0.368 e. The van der Waals surface area contributed by atoms with Gasteiger partial charge in [-0.05, 0) is 60.2 Å². The topological polar surface area (TPSA) is 100 Å². The number of carbonyl (C=O) groups excluding carboxylic acids is 2. The zero-order valence-corrected chi connectivity index (χ0v) is 15.8. The quantitative estimate of drug-likeness (QED) is 0.513. The van der Waals surface area contributed by atoms with Crippen LogP contribution in [-0.2, 0) is 4.79 Å². The van der Waals surface area contributed by atoms with Crippen LogP contribution in [0.15, 0.2) is 36.4 Å². The summed E-state index contributed by atoms with van der Waals surface area (Å²) in [6.07, 6.45) is 1.09. The van der Waals surface area contributed by atoms with E-state index in [1.165, 1.54) is 18.2 Å². The highest BCUT2D eigenvalue weighted by atomic mass is 19.1. The van der Waals surface area contributed by atoms with Crippen molar-refractivity contribution in [2.75, 3.05) is 6.54 Å². The number of hydrogen-bond donors (Lipinski definition) is 4. The second kappa shape index (κ2) is 7.74. The number of nitrogens with one attached hydrogen (secondary N) is 3. The highest BCUT2D eigenvalue weighted by Gasteiger charge is 2.35. The Kier molecular flexibility index (Phi) is 5.11. The van der Waals surface area contributed by atoms with Crippen molar-refractivity contribution in [3.63, 3.8) is 0 Å². The summed E-state index contributed by atoms with van der Waals surface area (Å²) >= 11 is 0. The maximum atomic E-state index is 14.4. The van der Waals surface area contributed by atoms with Crippen LogP contribution in [0.1, 0.15) is 24.3 Å². The number of hydrogen-bond acceptors (Lipinski definition) is 2. The molecule has 1 aliphatic carbocycles. The molecule has 2 aromatic carbocycles. The van der Waals surface area contributed by atoms with Crippen LogP contribution >= 0.6 is 0 Å². The first-order chi connectivity index (χ1) is 14.3. The molecule has 156 valence electrons. The van der Waals surface area contributed by atoms with E-state index in [4.69, 9.17) is 5.73 Å². The Morgan fingerprint density at radius 2 is 1.77 bits per heavy atom. The summed E-state index contributed by atoms with van der Waals surface area (Å²) in [6, 6.07) is 7.17. The molecule has 1 aliphatic rings. The number of primary amides is 1. The van der Waals surface area contributed by atoms with Crippen molar-refractivity contribution in [3.05, 3.63) is 59.4 Å². The summed E-state index contributed by atoms with van der Waals surface area (Å²) < 4.78 is 41.6. The molecular formula is C21H19F3N4O2. The highest BCUT2D eigenvalue weighted by Crippen LogP contribution is 2.45. The number of amides is 3. The van der Waals surface area contributed by atoms with Gasteiger partial charge in [-0.2, -0.15) is 0 Å². The maximum Gasteiger partial charge on any atom is 0.315 e. The summed E-state index contributed by atoms with van der Waals surface area (Å²) in [5.41, 5.74) is 7.15. The number of H-pyrrole nitrogens is 1. The fourth-order valence-corrected chi connectivity index (χ4v) is 3.88. The molecule has 3 amide bonds.